The third-order valence-electron chi connectivity index (χ3n) is 5.40. The van der Waals surface area contributed by atoms with Crippen LogP contribution in [0.4, 0.5) is 0 Å². The molecule has 1 aromatic rings. The van der Waals surface area contributed by atoms with E-state index in [9.17, 15) is 13.2 Å². The average Bonchev–Trinajstić information content (AvgIpc) is 3.41. The molecule has 0 unspecified atom stereocenters. The van der Waals surface area contributed by atoms with Crippen molar-refractivity contribution in [2.75, 3.05) is 33.0 Å². The van der Waals surface area contributed by atoms with Crippen LogP contribution in [0.2, 0.25) is 0 Å². The fourth-order valence-corrected chi connectivity index (χ4v) is 4.51. The van der Waals surface area contributed by atoms with Crippen molar-refractivity contribution in [3.63, 3.8) is 0 Å². The Morgan fingerprint density at radius 1 is 1.28 bits per heavy atom. The lowest BCUT2D eigenvalue weighted by atomic mass is 9.93. The number of piperidine rings is 1. The van der Waals surface area contributed by atoms with Crippen LogP contribution in [0.25, 0.3) is 0 Å². The molecule has 2 aliphatic rings. The van der Waals surface area contributed by atoms with Gasteiger partial charge in [-0.05, 0) is 37.7 Å². The van der Waals surface area contributed by atoms with Crippen LogP contribution in [0.5, 0.6) is 5.75 Å². The number of methoxy groups -OCH3 is 1. The first kappa shape index (κ1) is 18.2. The highest BCUT2D eigenvalue weighted by atomic mass is 32.2. The minimum Gasteiger partial charge on any atom is -0.496 e. The van der Waals surface area contributed by atoms with Gasteiger partial charge in [0.15, 0.2) is 0 Å². The number of hydrogen-bond donors (Lipinski definition) is 1. The minimum absolute atomic E-state index is 0.0579. The summed E-state index contributed by atoms with van der Waals surface area (Å²) in [6.45, 7) is 1.68. The zero-order valence-electron chi connectivity index (χ0n) is 14.8. The van der Waals surface area contributed by atoms with Gasteiger partial charge in [0.1, 0.15) is 5.75 Å². The Morgan fingerprint density at radius 2 is 1.92 bits per heavy atom. The predicted molar refractivity (Wildman–Crippen MR) is 96.1 cm³/mol. The first-order valence-corrected chi connectivity index (χ1v) is 10.6. The summed E-state index contributed by atoms with van der Waals surface area (Å²) >= 11 is 0. The van der Waals surface area contributed by atoms with E-state index < -0.39 is 15.4 Å². The SMILES string of the molecule is COc1ccccc1C1(C(=O)NCC2CCN(S(C)(=O)=O)CC2)CC1. The van der Waals surface area contributed by atoms with E-state index in [2.05, 4.69) is 5.32 Å². The van der Waals surface area contributed by atoms with Gasteiger partial charge < -0.3 is 10.1 Å². The highest BCUT2D eigenvalue weighted by Crippen LogP contribution is 2.51. The molecule has 1 N–H and O–H groups in total. The zero-order chi connectivity index (χ0) is 18.1. The van der Waals surface area contributed by atoms with Gasteiger partial charge in [0.2, 0.25) is 15.9 Å². The third-order valence-corrected chi connectivity index (χ3v) is 6.70. The summed E-state index contributed by atoms with van der Waals surface area (Å²) in [5.41, 5.74) is 0.502. The van der Waals surface area contributed by atoms with E-state index in [-0.39, 0.29) is 5.91 Å². The molecule has 138 valence electrons. The number of nitrogens with one attached hydrogen (secondary N) is 1. The Hall–Kier alpha value is -1.60. The van der Waals surface area contributed by atoms with Crippen molar-refractivity contribution in [1.29, 1.82) is 0 Å². The van der Waals surface area contributed by atoms with Gasteiger partial charge in [0.05, 0.1) is 18.8 Å². The minimum atomic E-state index is -3.11. The van der Waals surface area contributed by atoms with E-state index in [1.807, 2.05) is 24.3 Å². The summed E-state index contributed by atoms with van der Waals surface area (Å²) in [5.74, 6) is 1.15. The van der Waals surface area contributed by atoms with Crippen LogP contribution in [0.3, 0.4) is 0 Å². The van der Waals surface area contributed by atoms with Crippen LogP contribution >= 0.6 is 0 Å². The molecule has 1 saturated heterocycles. The maximum Gasteiger partial charge on any atom is 0.230 e. The maximum atomic E-state index is 12.8. The molecule has 1 saturated carbocycles. The third kappa shape index (κ3) is 3.82. The molecule has 0 atom stereocenters. The van der Waals surface area contributed by atoms with Crippen molar-refractivity contribution in [3.8, 4) is 5.75 Å². The molecule has 1 aliphatic heterocycles. The quantitative estimate of drug-likeness (QED) is 0.828. The van der Waals surface area contributed by atoms with Crippen molar-refractivity contribution < 1.29 is 17.9 Å². The number of nitrogens with zero attached hydrogens (tertiary/aromatic N) is 1. The van der Waals surface area contributed by atoms with Gasteiger partial charge in [-0.3, -0.25) is 4.79 Å². The smallest absolute Gasteiger partial charge is 0.230 e. The molecule has 0 spiro atoms. The molecule has 2 fully saturated rings. The van der Waals surface area contributed by atoms with Crippen molar-refractivity contribution in [1.82, 2.24) is 9.62 Å². The first-order chi connectivity index (χ1) is 11.9. The summed E-state index contributed by atoms with van der Waals surface area (Å²) in [7, 11) is -1.48. The molecule has 1 aliphatic carbocycles. The van der Waals surface area contributed by atoms with E-state index in [0.29, 0.717) is 25.6 Å². The second-order valence-electron chi connectivity index (χ2n) is 7.10. The topological polar surface area (TPSA) is 75.7 Å². The monoisotopic (exact) mass is 366 g/mol. The molecule has 1 heterocycles. The molecular weight excluding hydrogens is 340 g/mol. The number of benzene rings is 1. The average molecular weight is 366 g/mol. The van der Waals surface area contributed by atoms with Gasteiger partial charge >= 0.3 is 0 Å². The van der Waals surface area contributed by atoms with Crippen molar-refractivity contribution in [2.24, 2.45) is 5.92 Å². The van der Waals surface area contributed by atoms with E-state index in [1.165, 1.54) is 10.6 Å². The fraction of sp³-hybridized carbons (Fsp3) is 0.611. The van der Waals surface area contributed by atoms with Gasteiger partial charge in [-0.15, -0.1) is 0 Å². The van der Waals surface area contributed by atoms with Gasteiger partial charge in [-0.25, -0.2) is 12.7 Å². The van der Waals surface area contributed by atoms with Gasteiger partial charge in [0, 0.05) is 25.2 Å². The summed E-state index contributed by atoms with van der Waals surface area (Å²) in [6.07, 6.45) is 4.50. The van der Waals surface area contributed by atoms with E-state index in [1.54, 1.807) is 7.11 Å². The molecule has 6 nitrogen and oxygen atoms in total. The molecule has 0 aromatic heterocycles. The first-order valence-electron chi connectivity index (χ1n) is 8.74. The van der Waals surface area contributed by atoms with Crippen LogP contribution in [0, 0.1) is 5.92 Å². The van der Waals surface area contributed by atoms with E-state index in [0.717, 1.165) is 37.0 Å². The van der Waals surface area contributed by atoms with Crippen LogP contribution in [0.15, 0.2) is 24.3 Å². The molecule has 1 amide bonds. The Morgan fingerprint density at radius 3 is 2.48 bits per heavy atom. The van der Waals surface area contributed by atoms with Crippen LogP contribution in [-0.4, -0.2) is 51.6 Å². The normalized spacial score (nSPS) is 20.9. The van der Waals surface area contributed by atoms with Crippen LogP contribution in [-0.2, 0) is 20.2 Å². The Balaban J connectivity index is 1.57. The second kappa shape index (κ2) is 6.96. The molecule has 3 rings (SSSR count). The second-order valence-corrected chi connectivity index (χ2v) is 9.08. The number of ether oxygens (including phenoxy) is 1. The number of carbonyl (C=O) groups is 1. The van der Waals surface area contributed by atoms with Gasteiger partial charge in [-0.1, -0.05) is 18.2 Å². The number of sulfonamides is 1. The summed E-state index contributed by atoms with van der Waals surface area (Å²) in [5, 5.41) is 3.10. The highest BCUT2D eigenvalue weighted by Gasteiger charge is 2.52. The Labute approximate surface area is 149 Å². The standard InChI is InChI=1S/C18H26N2O4S/c1-24-16-6-4-3-5-15(16)18(9-10-18)17(21)19-13-14-7-11-20(12-8-14)25(2,22)23/h3-6,14H,7-13H2,1-2H3,(H,19,21). The lowest BCUT2D eigenvalue weighted by Crippen LogP contribution is -2.43. The van der Waals surface area contributed by atoms with Gasteiger partial charge in [0.25, 0.3) is 0 Å². The number of para-hydroxylation sites is 1. The number of rotatable bonds is 6. The van der Waals surface area contributed by atoms with Crippen LogP contribution in [0.1, 0.15) is 31.2 Å². The van der Waals surface area contributed by atoms with Crippen molar-refractivity contribution in [2.45, 2.75) is 31.1 Å². The number of amides is 1. The Kier molecular flexibility index (Phi) is 5.06. The molecule has 25 heavy (non-hydrogen) atoms. The highest BCUT2D eigenvalue weighted by molar-refractivity contribution is 7.88. The summed E-state index contributed by atoms with van der Waals surface area (Å²) in [4.78, 5) is 12.8. The number of carbonyl (C=O) groups excluding carboxylic acids is 1. The zero-order valence-corrected chi connectivity index (χ0v) is 15.6. The predicted octanol–water partition coefficient (Wildman–Crippen LogP) is 1.51. The molecule has 1 aromatic carbocycles. The molecule has 0 radical (unpaired) electrons. The van der Waals surface area contributed by atoms with Crippen LogP contribution < -0.4 is 10.1 Å². The molecule has 7 heteroatoms. The van der Waals surface area contributed by atoms with E-state index in [4.69, 9.17) is 4.74 Å². The Bertz CT molecular complexity index is 735. The van der Waals surface area contributed by atoms with Crippen molar-refractivity contribution in [3.05, 3.63) is 29.8 Å². The summed E-state index contributed by atoms with van der Waals surface area (Å²) < 4.78 is 30.1. The molecule has 0 bridgehead atoms. The fourth-order valence-electron chi connectivity index (χ4n) is 3.63. The van der Waals surface area contributed by atoms with E-state index >= 15 is 0 Å². The lowest BCUT2D eigenvalue weighted by molar-refractivity contribution is -0.123. The van der Waals surface area contributed by atoms with Gasteiger partial charge in [-0.2, -0.15) is 0 Å². The number of hydrogen-bond acceptors (Lipinski definition) is 4. The summed E-state index contributed by atoms with van der Waals surface area (Å²) in [6, 6.07) is 7.71. The van der Waals surface area contributed by atoms with Crippen molar-refractivity contribution >= 4 is 15.9 Å². The molecular formula is C18H26N2O4S. The largest absolute Gasteiger partial charge is 0.496 e. The lowest BCUT2D eigenvalue weighted by Gasteiger charge is -2.30. The maximum absolute atomic E-state index is 12.8.